The fourth-order valence-corrected chi connectivity index (χ4v) is 2.71. The van der Waals surface area contributed by atoms with E-state index in [4.69, 9.17) is 24.4 Å². The predicted octanol–water partition coefficient (Wildman–Crippen LogP) is 1.67. The lowest BCUT2D eigenvalue weighted by atomic mass is 9.78. The van der Waals surface area contributed by atoms with Gasteiger partial charge in [0.1, 0.15) is 0 Å². The molecule has 1 rings (SSSR count). The van der Waals surface area contributed by atoms with Gasteiger partial charge in [0.05, 0.1) is 0 Å². The first-order valence-electron chi connectivity index (χ1n) is 6.65. The molecule has 0 aromatic rings. The van der Waals surface area contributed by atoms with Gasteiger partial charge in [-0.3, -0.25) is 10.9 Å². The minimum atomic E-state index is 0.461. The van der Waals surface area contributed by atoms with Gasteiger partial charge in [0.2, 0.25) is 0 Å². The summed E-state index contributed by atoms with van der Waals surface area (Å²) in [5, 5.41) is 7.53. The summed E-state index contributed by atoms with van der Waals surface area (Å²) in [6.07, 6.45) is 3.78. The van der Waals surface area contributed by atoms with Crippen LogP contribution in [0.1, 0.15) is 40.0 Å². The Morgan fingerprint density at radius 2 is 1.78 bits per heavy atom. The van der Waals surface area contributed by atoms with Crippen LogP contribution in [0, 0.1) is 11.8 Å². The second kappa shape index (κ2) is 7.74. The highest BCUT2D eigenvalue weighted by atomic mass is 32.1. The zero-order chi connectivity index (χ0) is 13.5. The van der Waals surface area contributed by atoms with Crippen molar-refractivity contribution in [1.82, 2.24) is 21.5 Å². The van der Waals surface area contributed by atoms with Crippen LogP contribution in [0.25, 0.3) is 0 Å². The van der Waals surface area contributed by atoms with Gasteiger partial charge < -0.3 is 10.6 Å². The highest BCUT2D eigenvalue weighted by Crippen LogP contribution is 2.29. The molecule has 0 spiro atoms. The van der Waals surface area contributed by atoms with Crippen molar-refractivity contribution >= 4 is 34.7 Å². The van der Waals surface area contributed by atoms with Crippen molar-refractivity contribution in [3.63, 3.8) is 0 Å². The predicted molar refractivity (Wildman–Crippen MR) is 84.2 cm³/mol. The van der Waals surface area contributed by atoms with Crippen LogP contribution in [-0.2, 0) is 0 Å². The second-order valence-electron chi connectivity index (χ2n) is 4.96. The molecule has 1 fully saturated rings. The molecule has 0 radical (unpaired) electrons. The van der Waals surface area contributed by atoms with Crippen LogP contribution in [0.5, 0.6) is 0 Å². The Labute approximate surface area is 121 Å². The Bertz CT molecular complexity index is 296. The smallest absolute Gasteiger partial charge is 0.185 e. The zero-order valence-electron chi connectivity index (χ0n) is 11.4. The Morgan fingerprint density at radius 1 is 1.11 bits per heavy atom. The first-order valence-corrected chi connectivity index (χ1v) is 7.46. The normalized spacial score (nSPS) is 27.2. The minimum absolute atomic E-state index is 0.461. The van der Waals surface area contributed by atoms with E-state index >= 15 is 0 Å². The molecule has 0 amide bonds. The maximum absolute atomic E-state index is 5.26. The highest BCUT2D eigenvalue weighted by Gasteiger charge is 2.27. The van der Waals surface area contributed by atoms with Crippen molar-refractivity contribution in [2.24, 2.45) is 11.8 Å². The van der Waals surface area contributed by atoms with E-state index in [0.29, 0.717) is 22.2 Å². The van der Waals surface area contributed by atoms with Crippen LogP contribution in [-0.4, -0.2) is 22.8 Å². The van der Waals surface area contributed by atoms with E-state index in [1.165, 1.54) is 19.3 Å². The molecule has 0 heterocycles. The quantitative estimate of drug-likeness (QED) is 0.458. The molecule has 0 saturated heterocycles. The highest BCUT2D eigenvalue weighted by molar-refractivity contribution is 7.80. The van der Waals surface area contributed by atoms with Gasteiger partial charge >= 0.3 is 0 Å². The van der Waals surface area contributed by atoms with Crippen molar-refractivity contribution in [3.05, 3.63) is 0 Å². The molecule has 4 N–H and O–H groups in total. The molecule has 1 saturated carbocycles. The van der Waals surface area contributed by atoms with Crippen LogP contribution < -0.4 is 21.5 Å². The van der Waals surface area contributed by atoms with Gasteiger partial charge in [0, 0.05) is 12.6 Å². The number of hydrogen-bond donors (Lipinski definition) is 4. The molecule has 104 valence electrons. The molecule has 3 atom stereocenters. The van der Waals surface area contributed by atoms with Crippen LogP contribution >= 0.6 is 24.4 Å². The summed E-state index contributed by atoms with van der Waals surface area (Å²) >= 11 is 10.3. The van der Waals surface area contributed by atoms with Crippen LogP contribution in [0.3, 0.4) is 0 Å². The number of rotatable bonds is 2. The van der Waals surface area contributed by atoms with E-state index in [0.717, 1.165) is 12.5 Å². The molecule has 0 aromatic heterocycles. The van der Waals surface area contributed by atoms with Gasteiger partial charge in [-0.25, -0.2) is 0 Å². The number of thiocarbonyl (C=S) groups is 2. The lowest BCUT2D eigenvalue weighted by Gasteiger charge is -2.35. The number of hydrogen-bond acceptors (Lipinski definition) is 2. The second-order valence-corrected chi connectivity index (χ2v) is 5.77. The van der Waals surface area contributed by atoms with E-state index < -0.39 is 0 Å². The lowest BCUT2D eigenvalue weighted by Crippen LogP contribution is -2.54. The van der Waals surface area contributed by atoms with Gasteiger partial charge in [0.15, 0.2) is 10.2 Å². The van der Waals surface area contributed by atoms with Gasteiger partial charge in [-0.05, 0) is 49.6 Å². The molecule has 0 aliphatic heterocycles. The fourth-order valence-electron chi connectivity index (χ4n) is 2.31. The Hall–Kier alpha value is -0.620. The summed E-state index contributed by atoms with van der Waals surface area (Å²) in [6, 6.07) is 0.461. The summed E-state index contributed by atoms with van der Waals surface area (Å²) in [5.74, 6) is 1.41. The molecule has 18 heavy (non-hydrogen) atoms. The molecular weight excluding hydrogens is 264 g/mol. The van der Waals surface area contributed by atoms with Crippen molar-refractivity contribution in [2.45, 2.75) is 46.1 Å². The van der Waals surface area contributed by atoms with E-state index in [2.05, 4.69) is 35.3 Å². The van der Waals surface area contributed by atoms with Crippen LogP contribution in [0.4, 0.5) is 0 Å². The summed E-state index contributed by atoms with van der Waals surface area (Å²) in [4.78, 5) is 0. The third kappa shape index (κ3) is 4.94. The lowest BCUT2D eigenvalue weighted by molar-refractivity contribution is 0.224. The standard InChI is InChI=1S/C12H24N4S2/c1-4-13-11(17)15-16-12(18)14-10-7-5-6-8(2)9(10)3/h8-10H,4-7H2,1-3H3,(H2,13,15,17)(H2,14,16,18)/t8-,9+,10+/m1/s1. The molecule has 1 aliphatic carbocycles. The summed E-state index contributed by atoms with van der Waals surface area (Å²) < 4.78 is 0. The summed E-state index contributed by atoms with van der Waals surface area (Å²) in [7, 11) is 0. The van der Waals surface area contributed by atoms with E-state index in [1.807, 2.05) is 6.92 Å². The third-order valence-corrected chi connectivity index (χ3v) is 4.12. The molecule has 4 nitrogen and oxygen atoms in total. The monoisotopic (exact) mass is 288 g/mol. The van der Waals surface area contributed by atoms with Crippen molar-refractivity contribution in [2.75, 3.05) is 6.54 Å². The SMILES string of the molecule is CCNC(=S)NNC(=S)N[C@H]1CCC[C@@H](C)[C@@H]1C. The molecular formula is C12H24N4S2. The van der Waals surface area contributed by atoms with Gasteiger partial charge in [-0.1, -0.05) is 26.7 Å². The Kier molecular flexibility index (Phi) is 6.63. The first kappa shape index (κ1) is 15.4. The van der Waals surface area contributed by atoms with Crippen LogP contribution in [0.15, 0.2) is 0 Å². The Balaban J connectivity index is 2.29. The molecule has 0 unspecified atom stereocenters. The molecule has 0 bridgehead atoms. The van der Waals surface area contributed by atoms with E-state index in [-0.39, 0.29) is 0 Å². The zero-order valence-corrected chi connectivity index (χ0v) is 13.0. The molecule has 6 heteroatoms. The average molecular weight is 288 g/mol. The maximum atomic E-state index is 5.26. The van der Waals surface area contributed by atoms with E-state index in [9.17, 15) is 0 Å². The summed E-state index contributed by atoms with van der Waals surface area (Å²) in [6.45, 7) is 7.40. The maximum Gasteiger partial charge on any atom is 0.185 e. The molecule has 0 aromatic carbocycles. The van der Waals surface area contributed by atoms with Crippen molar-refractivity contribution in [3.8, 4) is 0 Å². The number of hydrazine groups is 1. The van der Waals surface area contributed by atoms with E-state index in [1.54, 1.807) is 0 Å². The van der Waals surface area contributed by atoms with Gasteiger partial charge in [0.25, 0.3) is 0 Å². The van der Waals surface area contributed by atoms with Crippen LogP contribution in [0.2, 0.25) is 0 Å². The fraction of sp³-hybridized carbons (Fsp3) is 0.833. The minimum Gasteiger partial charge on any atom is -0.362 e. The number of nitrogens with one attached hydrogen (secondary N) is 4. The molecule has 1 aliphatic rings. The Morgan fingerprint density at radius 3 is 2.44 bits per heavy atom. The first-order chi connectivity index (χ1) is 8.54. The largest absolute Gasteiger partial charge is 0.362 e. The van der Waals surface area contributed by atoms with Crippen molar-refractivity contribution in [1.29, 1.82) is 0 Å². The van der Waals surface area contributed by atoms with Gasteiger partial charge in [-0.2, -0.15) is 0 Å². The topological polar surface area (TPSA) is 48.1 Å². The third-order valence-electron chi connectivity index (χ3n) is 3.65. The van der Waals surface area contributed by atoms with Crippen molar-refractivity contribution < 1.29 is 0 Å². The van der Waals surface area contributed by atoms with Gasteiger partial charge in [-0.15, -0.1) is 0 Å². The average Bonchev–Trinajstić information content (AvgIpc) is 2.33. The summed E-state index contributed by atoms with van der Waals surface area (Å²) in [5.41, 5.74) is 5.78.